The van der Waals surface area contributed by atoms with Crippen LogP contribution in [0.15, 0.2) is 23.4 Å². The molecule has 0 aliphatic carbocycles. The zero-order chi connectivity index (χ0) is 9.14. The lowest BCUT2D eigenvalue weighted by Gasteiger charge is -2.10. The van der Waals surface area contributed by atoms with Crippen molar-refractivity contribution in [3.8, 4) is 0 Å². The van der Waals surface area contributed by atoms with Gasteiger partial charge < -0.3 is 15.5 Å². The van der Waals surface area contributed by atoms with Crippen LogP contribution in [-0.2, 0) is 9.59 Å². The molecule has 12 heavy (non-hydrogen) atoms. The number of carboxylic acids is 2. The standard InChI is InChI=1S/C7H7NO4/c9-6(10)4-1-2-8-3-5(4)7(11)12/h1-2,8H,3H2,(H,9,10)(H,11,12). The lowest BCUT2D eigenvalue weighted by molar-refractivity contribution is -0.135. The molecule has 0 saturated carbocycles. The van der Waals surface area contributed by atoms with E-state index in [-0.39, 0.29) is 17.7 Å². The van der Waals surface area contributed by atoms with Gasteiger partial charge in [0.15, 0.2) is 0 Å². The topological polar surface area (TPSA) is 86.6 Å². The summed E-state index contributed by atoms with van der Waals surface area (Å²) in [5.74, 6) is -2.42. The van der Waals surface area contributed by atoms with Crippen molar-refractivity contribution in [3.63, 3.8) is 0 Å². The molecular weight excluding hydrogens is 162 g/mol. The molecule has 0 atom stereocenters. The zero-order valence-electron chi connectivity index (χ0n) is 6.07. The van der Waals surface area contributed by atoms with Crippen LogP contribution in [0, 0.1) is 0 Å². The van der Waals surface area contributed by atoms with Crippen molar-refractivity contribution in [1.29, 1.82) is 0 Å². The number of carboxylic acid groups (broad SMARTS) is 2. The molecule has 0 amide bonds. The molecular formula is C7H7NO4. The molecule has 0 aromatic rings. The number of nitrogens with one attached hydrogen (secondary N) is 1. The quantitative estimate of drug-likeness (QED) is 0.522. The van der Waals surface area contributed by atoms with Gasteiger partial charge in [0.25, 0.3) is 0 Å². The van der Waals surface area contributed by atoms with E-state index in [1.54, 1.807) is 0 Å². The second-order valence-corrected chi connectivity index (χ2v) is 2.22. The maximum absolute atomic E-state index is 10.5. The highest BCUT2D eigenvalue weighted by Crippen LogP contribution is 2.09. The largest absolute Gasteiger partial charge is 0.478 e. The molecule has 0 spiro atoms. The smallest absolute Gasteiger partial charge is 0.336 e. The zero-order valence-corrected chi connectivity index (χ0v) is 6.07. The molecule has 1 aliphatic heterocycles. The third kappa shape index (κ3) is 1.45. The van der Waals surface area contributed by atoms with E-state index in [1.807, 2.05) is 0 Å². The second kappa shape index (κ2) is 3.08. The first-order valence-corrected chi connectivity index (χ1v) is 3.22. The highest BCUT2D eigenvalue weighted by molar-refractivity contribution is 6.01. The van der Waals surface area contributed by atoms with Crippen LogP contribution in [0.25, 0.3) is 0 Å². The normalized spacial score (nSPS) is 15.7. The summed E-state index contributed by atoms with van der Waals surface area (Å²) in [5.41, 5.74) is -0.286. The molecule has 0 saturated heterocycles. The van der Waals surface area contributed by atoms with Crippen LogP contribution < -0.4 is 5.32 Å². The molecule has 5 nitrogen and oxygen atoms in total. The van der Waals surface area contributed by atoms with Crippen LogP contribution in [0.1, 0.15) is 0 Å². The van der Waals surface area contributed by atoms with E-state index in [0.717, 1.165) is 0 Å². The number of rotatable bonds is 2. The van der Waals surface area contributed by atoms with E-state index in [1.165, 1.54) is 12.3 Å². The summed E-state index contributed by atoms with van der Waals surface area (Å²) in [6.45, 7) is 0.0491. The summed E-state index contributed by atoms with van der Waals surface area (Å²) in [6, 6.07) is 0. The Morgan fingerprint density at radius 3 is 2.42 bits per heavy atom. The Kier molecular flexibility index (Phi) is 2.14. The van der Waals surface area contributed by atoms with Gasteiger partial charge in [-0.15, -0.1) is 0 Å². The minimum atomic E-state index is -1.22. The van der Waals surface area contributed by atoms with Gasteiger partial charge in [-0.2, -0.15) is 0 Å². The molecule has 0 fully saturated rings. The van der Waals surface area contributed by atoms with E-state index < -0.39 is 11.9 Å². The van der Waals surface area contributed by atoms with Gasteiger partial charge in [-0.05, 0) is 12.3 Å². The molecule has 1 rings (SSSR count). The second-order valence-electron chi connectivity index (χ2n) is 2.22. The van der Waals surface area contributed by atoms with Crippen LogP contribution in [0.5, 0.6) is 0 Å². The van der Waals surface area contributed by atoms with E-state index in [4.69, 9.17) is 10.2 Å². The summed E-state index contributed by atoms with van der Waals surface area (Å²) < 4.78 is 0. The summed E-state index contributed by atoms with van der Waals surface area (Å²) >= 11 is 0. The number of dihydropyridines is 1. The van der Waals surface area contributed by atoms with Crippen LogP contribution in [-0.4, -0.2) is 28.7 Å². The number of hydrogen-bond donors (Lipinski definition) is 3. The Hall–Kier alpha value is -1.78. The number of carbonyl (C=O) groups is 2. The molecule has 5 heteroatoms. The Labute approximate surface area is 68.0 Å². The summed E-state index contributed by atoms with van der Waals surface area (Å²) in [7, 11) is 0. The van der Waals surface area contributed by atoms with Crippen molar-refractivity contribution < 1.29 is 19.8 Å². The van der Waals surface area contributed by atoms with Crippen molar-refractivity contribution >= 4 is 11.9 Å². The van der Waals surface area contributed by atoms with Crippen molar-refractivity contribution in [2.45, 2.75) is 0 Å². The van der Waals surface area contributed by atoms with Gasteiger partial charge in [0.1, 0.15) is 0 Å². The average molecular weight is 169 g/mol. The third-order valence-electron chi connectivity index (χ3n) is 1.46. The number of hydrogen-bond acceptors (Lipinski definition) is 3. The van der Waals surface area contributed by atoms with Crippen molar-refractivity contribution in [2.75, 3.05) is 6.54 Å². The monoisotopic (exact) mass is 169 g/mol. The maximum Gasteiger partial charge on any atom is 0.336 e. The Morgan fingerprint density at radius 2 is 2.00 bits per heavy atom. The molecule has 0 radical (unpaired) electrons. The first kappa shape index (κ1) is 8.32. The molecule has 0 unspecified atom stereocenters. The van der Waals surface area contributed by atoms with Gasteiger partial charge in [0.05, 0.1) is 11.1 Å². The Morgan fingerprint density at radius 1 is 1.33 bits per heavy atom. The van der Waals surface area contributed by atoms with E-state index in [0.29, 0.717) is 0 Å². The fourth-order valence-corrected chi connectivity index (χ4v) is 0.890. The molecule has 0 bridgehead atoms. The highest BCUT2D eigenvalue weighted by atomic mass is 16.4. The lowest BCUT2D eigenvalue weighted by Crippen LogP contribution is -2.23. The molecule has 1 aliphatic rings. The lowest BCUT2D eigenvalue weighted by atomic mass is 10.1. The average Bonchev–Trinajstić information content (AvgIpc) is 2.04. The molecule has 0 aromatic carbocycles. The van der Waals surface area contributed by atoms with E-state index in [9.17, 15) is 9.59 Å². The Balaban J connectivity index is 3.08. The maximum atomic E-state index is 10.5. The van der Waals surface area contributed by atoms with E-state index in [2.05, 4.69) is 5.32 Å². The fraction of sp³-hybridized carbons (Fsp3) is 0.143. The minimum absolute atomic E-state index is 0.0491. The Bertz CT molecular complexity index is 290. The third-order valence-corrected chi connectivity index (χ3v) is 1.46. The molecule has 3 N–H and O–H groups in total. The van der Waals surface area contributed by atoms with Crippen molar-refractivity contribution in [3.05, 3.63) is 23.4 Å². The van der Waals surface area contributed by atoms with Gasteiger partial charge >= 0.3 is 11.9 Å². The van der Waals surface area contributed by atoms with Crippen LogP contribution in [0.4, 0.5) is 0 Å². The summed E-state index contributed by atoms with van der Waals surface area (Å²) in [6.07, 6.45) is 2.64. The van der Waals surface area contributed by atoms with E-state index >= 15 is 0 Å². The van der Waals surface area contributed by atoms with Crippen LogP contribution in [0.3, 0.4) is 0 Å². The van der Waals surface area contributed by atoms with Crippen LogP contribution in [0.2, 0.25) is 0 Å². The summed E-state index contributed by atoms with van der Waals surface area (Å²) in [5, 5.41) is 19.7. The first-order chi connectivity index (χ1) is 5.63. The predicted molar refractivity (Wildman–Crippen MR) is 39.4 cm³/mol. The fourth-order valence-electron chi connectivity index (χ4n) is 0.890. The van der Waals surface area contributed by atoms with Gasteiger partial charge in [-0.25, -0.2) is 9.59 Å². The predicted octanol–water partition coefficient (Wildman–Crippen LogP) is -0.431. The molecule has 1 heterocycles. The highest BCUT2D eigenvalue weighted by Gasteiger charge is 2.19. The first-order valence-electron chi connectivity index (χ1n) is 3.22. The molecule has 64 valence electrons. The van der Waals surface area contributed by atoms with Gasteiger partial charge in [-0.3, -0.25) is 0 Å². The minimum Gasteiger partial charge on any atom is -0.478 e. The molecule has 0 aromatic heterocycles. The van der Waals surface area contributed by atoms with Gasteiger partial charge in [0, 0.05) is 6.54 Å². The van der Waals surface area contributed by atoms with Gasteiger partial charge in [0.2, 0.25) is 0 Å². The van der Waals surface area contributed by atoms with Crippen molar-refractivity contribution in [1.82, 2.24) is 5.32 Å². The number of aliphatic carboxylic acids is 2. The van der Waals surface area contributed by atoms with Crippen molar-refractivity contribution in [2.24, 2.45) is 0 Å². The van der Waals surface area contributed by atoms with Gasteiger partial charge in [-0.1, -0.05) is 0 Å². The SMILES string of the molecule is O=C(O)C1=C(C(=O)O)CNC=C1. The summed E-state index contributed by atoms with van der Waals surface area (Å²) in [4.78, 5) is 20.9. The van der Waals surface area contributed by atoms with Crippen LogP contribution >= 0.6 is 0 Å².